The molecule has 4 bridgehead atoms. The molecule has 16 heteroatoms. The molecule has 0 atom stereocenters. The number of hydrogen-bond donors (Lipinski definition) is 0. The van der Waals surface area contributed by atoms with E-state index < -0.39 is 23.3 Å². The third-order valence-corrected chi connectivity index (χ3v) is 11.6. The van der Waals surface area contributed by atoms with Gasteiger partial charge in [-0.25, -0.2) is 9.59 Å². The second-order valence-corrected chi connectivity index (χ2v) is 15.5. The maximum absolute atomic E-state index is 14.8. The van der Waals surface area contributed by atoms with Gasteiger partial charge in [0.1, 0.15) is 0 Å². The molecule has 10 aromatic rings. The van der Waals surface area contributed by atoms with Gasteiger partial charge in [-0.15, -0.1) is 0 Å². The second-order valence-electron chi connectivity index (χ2n) is 15.5. The second kappa shape index (κ2) is 16.0. The Balaban J connectivity index is 1.14. The van der Waals surface area contributed by atoms with Crippen molar-refractivity contribution in [3.8, 4) is 57.1 Å². The first kappa shape index (κ1) is 39.9. The summed E-state index contributed by atoms with van der Waals surface area (Å²) in [6.07, 6.45) is 0. The van der Waals surface area contributed by atoms with E-state index in [1.54, 1.807) is 69.8 Å². The summed E-state index contributed by atoms with van der Waals surface area (Å²) in [4.78, 5) is 66.3. The topological polar surface area (TPSA) is 184 Å². The molecule has 4 aromatic heterocycles. The molecule has 0 amide bonds. The SMILES string of the molecule is CCOc1nc2cccc3c2n1Cc1ccc(cc1)-c1ccccc1-c1noc(=O)n1C(=O)c1cccc2nc(OCC)n(c12)Cc1ccc(cc1)-c1ccccc1-c1noc(=O)n1C3=O. The zero-order chi connectivity index (χ0) is 45.1. The molecule has 0 unspecified atom stereocenters. The smallest absolute Gasteiger partial charge is 0.449 e. The van der Waals surface area contributed by atoms with Gasteiger partial charge in [0.25, 0.3) is 23.8 Å². The number of ether oxygens (including phenoxy) is 2. The highest BCUT2D eigenvalue weighted by Gasteiger charge is 2.29. The van der Waals surface area contributed by atoms with Crippen LogP contribution in [0.15, 0.2) is 152 Å². The first-order valence-corrected chi connectivity index (χ1v) is 21.2. The van der Waals surface area contributed by atoms with Crippen LogP contribution >= 0.6 is 0 Å². The van der Waals surface area contributed by atoms with E-state index in [2.05, 4.69) is 10.3 Å². The first-order valence-electron chi connectivity index (χ1n) is 21.2. The van der Waals surface area contributed by atoms with E-state index in [1.807, 2.05) is 86.6 Å². The van der Waals surface area contributed by atoms with Crippen molar-refractivity contribution in [1.82, 2.24) is 38.5 Å². The molecule has 0 fully saturated rings. The molecule has 4 aliphatic heterocycles. The maximum atomic E-state index is 14.8. The minimum atomic E-state index is -0.949. The van der Waals surface area contributed by atoms with Gasteiger partial charge in [0, 0.05) is 11.1 Å². The molecule has 0 spiro atoms. The monoisotopic (exact) mass is 876 g/mol. The highest BCUT2D eigenvalue weighted by atomic mass is 16.5. The van der Waals surface area contributed by atoms with E-state index in [1.165, 1.54) is 0 Å². The fourth-order valence-corrected chi connectivity index (χ4v) is 8.69. The average molecular weight is 877 g/mol. The predicted molar refractivity (Wildman–Crippen MR) is 243 cm³/mol. The van der Waals surface area contributed by atoms with Gasteiger partial charge in [-0.1, -0.05) is 120 Å². The summed E-state index contributed by atoms with van der Waals surface area (Å²) >= 11 is 0. The van der Waals surface area contributed by atoms with Crippen molar-refractivity contribution in [1.29, 1.82) is 0 Å². The lowest BCUT2D eigenvalue weighted by molar-refractivity contribution is 0.0946. The van der Waals surface area contributed by atoms with E-state index in [0.717, 1.165) is 31.4 Å². The summed E-state index contributed by atoms with van der Waals surface area (Å²) in [6, 6.07) is 40.7. The number of nitrogens with zero attached hydrogens (tertiary/aromatic N) is 8. The van der Waals surface area contributed by atoms with Crippen molar-refractivity contribution in [2.75, 3.05) is 13.2 Å². The quantitative estimate of drug-likeness (QED) is 0.167. The van der Waals surface area contributed by atoms with E-state index in [-0.39, 0.29) is 47.9 Å². The van der Waals surface area contributed by atoms with Crippen LogP contribution in [-0.2, 0) is 13.1 Å². The molecule has 0 radical (unpaired) electrons. The molecular weight excluding hydrogens is 841 g/mol. The predicted octanol–water partition coefficient (Wildman–Crippen LogP) is 7.94. The Labute approximate surface area is 373 Å². The summed E-state index contributed by atoms with van der Waals surface area (Å²) in [5.74, 6) is -3.18. The van der Waals surface area contributed by atoms with Crippen LogP contribution in [0, 0.1) is 0 Å². The van der Waals surface area contributed by atoms with Crippen molar-refractivity contribution < 1.29 is 28.1 Å². The number of hydrogen-bond acceptors (Lipinski definition) is 12. The van der Waals surface area contributed by atoms with E-state index >= 15 is 0 Å². The zero-order valence-electron chi connectivity index (χ0n) is 35.4. The number of benzene rings is 6. The molecule has 0 saturated heterocycles. The molecule has 66 heavy (non-hydrogen) atoms. The third kappa shape index (κ3) is 6.53. The van der Waals surface area contributed by atoms with Gasteiger partial charge in [-0.05, 0) is 71.5 Å². The largest absolute Gasteiger partial charge is 0.465 e. The Hall–Kier alpha value is -8.92. The molecule has 16 nitrogen and oxygen atoms in total. The van der Waals surface area contributed by atoms with Crippen molar-refractivity contribution >= 4 is 33.9 Å². The lowest BCUT2D eigenvalue weighted by Gasteiger charge is -2.14. The normalized spacial score (nSPS) is 12.6. The third-order valence-electron chi connectivity index (χ3n) is 11.6. The van der Waals surface area contributed by atoms with E-state index in [9.17, 15) is 19.2 Å². The standard InChI is InChI=1S/C50H36N8O8/c1-3-63-47-51-39-17-9-15-37-41(39)55(47)27-29-19-23-31(24-20-29)33-11-5-8-14-36(33)44-54-66-50(62)58(44)46(60)38-16-10-18-40-42(38)56(48(52-40)64-4-2)28-30-21-25-32(26-22-30)34-12-6-7-13-35(34)43-53-65-49(61)57(43)45(37)59/h5-26H,3-4,27-28H2,1-2H3. The summed E-state index contributed by atoms with van der Waals surface area (Å²) in [5, 5.41) is 8.31. The molecule has 8 heterocycles. The van der Waals surface area contributed by atoms with Crippen LogP contribution in [0.4, 0.5) is 0 Å². The Morgan fingerprint density at radius 1 is 0.470 bits per heavy atom. The van der Waals surface area contributed by atoms with Crippen LogP contribution in [0.25, 0.3) is 67.1 Å². The molecule has 6 aromatic carbocycles. The maximum Gasteiger partial charge on any atom is 0.449 e. The molecule has 0 aliphatic carbocycles. The summed E-state index contributed by atoms with van der Waals surface area (Å²) in [6.45, 7) is 4.75. The van der Waals surface area contributed by atoms with Crippen molar-refractivity contribution in [3.63, 3.8) is 0 Å². The molecule has 14 rings (SSSR count). The summed E-state index contributed by atoms with van der Waals surface area (Å²) in [7, 11) is 0. The van der Waals surface area contributed by atoms with Crippen LogP contribution < -0.4 is 21.0 Å². The Morgan fingerprint density at radius 3 is 1.24 bits per heavy atom. The zero-order valence-corrected chi connectivity index (χ0v) is 35.4. The van der Waals surface area contributed by atoms with Gasteiger partial charge in [0.2, 0.25) is 0 Å². The number of carbonyl (C=O) groups is 2. The number of carbonyl (C=O) groups excluding carboxylic acids is 2. The van der Waals surface area contributed by atoms with Crippen molar-refractivity contribution in [3.05, 3.63) is 177 Å². The molecule has 0 N–H and O–H groups in total. The average Bonchev–Trinajstić information content (AvgIpc) is 4.11. The molecule has 0 saturated carbocycles. The first-order chi connectivity index (χ1) is 32.3. The van der Waals surface area contributed by atoms with Gasteiger partial charge in [-0.2, -0.15) is 19.1 Å². The minimum Gasteiger partial charge on any atom is -0.465 e. The number of imidazole rings is 2. The fourth-order valence-electron chi connectivity index (χ4n) is 8.69. The van der Waals surface area contributed by atoms with E-state index in [0.29, 0.717) is 57.5 Å². The van der Waals surface area contributed by atoms with Gasteiger partial charge in [0.15, 0.2) is 11.6 Å². The summed E-state index contributed by atoms with van der Waals surface area (Å²) in [5.41, 5.74) is 7.71. The van der Waals surface area contributed by atoms with Gasteiger partial charge < -0.3 is 9.47 Å². The van der Waals surface area contributed by atoms with Crippen LogP contribution in [0.2, 0.25) is 0 Å². The number of para-hydroxylation sites is 2. The summed E-state index contributed by atoms with van der Waals surface area (Å²) < 4.78 is 28.0. The highest BCUT2D eigenvalue weighted by molar-refractivity contribution is 6.09. The Morgan fingerprint density at radius 2 is 0.848 bits per heavy atom. The van der Waals surface area contributed by atoms with Crippen LogP contribution in [0.1, 0.15) is 45.7 Å². The Kier molecular flexibility index (Phi) is 9.68. The number of rotatable bonds is 4. The van der Waals surface area contributed by atoms with E-state index in [4.69, 9.17) is 28.5 Å². The van der Waals surface area contributed by atoms with Crippen molar-refractivity contribution in [2.45, 2.75) is 26.9 Å². The fraction of sp³-hybridized carbons (Fsp3) is 0.120. The van der Waals surface area contributed by atoms with Crippen LogP contribution in [-0.4, -0.2) is 63.6 Å². The lowest BCUT2D eigenvalue weighted by Crippen LogP contribution is -2.25. The van der Waals surface area contributed by atoms with Crippen LogP contribution in [0.3, 0.4) is 0 Å². The molecule has 324 valence electrons. The Bertz CT molecular complexity index is 3420. The van der Waals surface area contributed by atoms with Gasteiger partial charge in [-0.3, -0.25) is 27.8 Å². The molecule has 4 aliphatic rings. The van der Waals surface area contributed by atoms with Crippen LogP contribution in [0.5, 0.6) is 12.0 Å². The highest BCUT2D eigenvalue weighted by Crippen LogP contribution is 2.36. The number of aromatic nitrogens is 8. The lowest BCUT2D eigenvalue weighted by atomic mass is 9.98. The minimum absolute atomic E-state index is 0.0219. The van der Waals surface area contributed by atoms with Gasteiger partial charge >= 0.3 is 11.5 Å². The van der Waals surface area contributed by atoms with Gasteiger partial charge in [0.05, 0.1) is 59.5 Å². The molecular formula is C50H36N8O8. The van der Waals surface area contributed by atoms with Crippen molar-refractivity contribution in [2.24, 2.45) is 0 Å².